The predicted octanol–water partition coefficient (Wildman–Crippen LogP) is 7.29. The number of hydrogen-bond donors (Lipinski definition) is 0. The maximum Gasteiger partial charge on any atom is 0.157 e. The first-order chi connectivity index (χ1) is 22.3. The van der Waals surface area contributed by atoms with Crippen LogP contribution in [0, 0.1) is 19.6 Å². The Hall–Kier alpha value is -3.54. The van der Waals surface area contributed by atoms with Crippen LogP contribution in [0.2, 0.25) is 0 Å². The topological polar surface area (TPSA) is 81.7 Å². The summed E-state index contributed by atoms with van der Waals surface area (Å²) in [5, 5.41) is 0. The van der Waals surface area contributed by atoms with Gasteiger partial charge in [-0.1, -0.05) is 89.5 Å². The van der Waals surface area contributed by atoms with Gasteiger partial charge in [0.15, 0.2) is 11.8 Å². The number of hydrogen-bond acceptors (Lipinski definition) is 6. The van der Waals surface area contributed by atoms with Crippen molar-refractivity contribution in [1.82, 2.24) is 0 Å². The Morgan fingerprint density at radius 2 is 1.28 bits per heavy atom. The van der Waals surface area contributed by atoms with Crippen LogP contribution in [0.4, 0.5) is 0 Å². The van der Waals surface area contributed by atoms with Gasteiger partial charge in [0.25, 0.3) is 9.84 Å². The molecule has 0 unspecified atom stereocenters. The molecule has 0 saturated carbocycles. The van der Waals surface area contributed by atoms with Crippen LogP contribution in [0.5, 0.6) is 0 Å². The molecule has 240 valence electrons. The summed E-state index contributed by atoms with van der Waals surface area (Å²) in [6.07, 6.45) is 1.76. The van der Waals surface area contributed by atoms with Crippen LogP contribution < -0.4 is 0 Å². The molecule has 4 aromatic rings. The second-order valence-corrected chi connectivity index (χ2v) is 14.9. The van der Waals surface area contributed by atoms with Gasteiger partial charge in [0.1, 0.15) is 13.2 Å². The molecule has 11 heteroatoms. The molecule has 2 aliphatic heterocycles. The smallest absolute Gasteiger partial charge is 0.157 e. The van der Waals surface area contributed by atoms with Crippen molar-refractivity contribution in [3.8, 4) is 0 Å². The van der Waals surface area contributed by atoms with E-state index in [1.807, 2.05) is 37.3 Å². The SMILES string of the molecule is [C-]#[N+]CS(=O)(=O)c1ccc(C)cc1.[Cl][Rh+][Cl].[c-]1cc(C2=N[C@@H](Cc3ccccc3)CO2)cc(C2=N[C@@H](Cc3ccccc3)CO2)c1. The molecule has 0 aromatic heterocycles. The molecule has 0 radical (unpaired) electrons. The molecule has 0 spiro atoms. The van der Waals surface area contributed by atoms with E-state index in [9.17, 15) is 8.42 Å². The fourth-order valence-electron chi connectivity index (χ4n) is 4.75. The van der Waals surface area contributed by atoms with E-state index < -0.39 is 15.7 Å². The summed E-state index contributed by atoms with van der Waals surface area (Å²) in [5.41, 5.74) is 5.38. The van der Waals surface area contributed by atoms with Gasteiger partial charge in [0.2, 0.25) is 0 Å². The van der Waals surface area contributed by atoms with Gasteiger partial charge in [-0.3, -0.25) is 14.8 Å². The number of aryl methyl sites for hydroxylation is 1. The molecule has 0 N–H and O–H groups in total. The Morgan fingerprint density at radius 1 is 0.826 bits per heavy atom. The van der Waals surface area contributed by atoms with E-state index in [0.29, 0.717) is 25.0 Å². The summed E-state index contributed by atoms with van der Waals surface area (Å²) < 4.78 is 34.4. The first kappa shape index (κ1) is 35.3. The molecule has 0 bridgehead atoms. The van der Waals surface area contributed by atoms with Crippen molar-refractivity contribution >= 4 is 41.0 Å². The van der Waals surface area contributed by atoms with Gasteiger partial charge < -0.3 is 9.47 Å². The van der Waals surface area contributed by atoms with Crippen molar-refractivity contribution in [3.05, 3.63) is 148 Å². The Bertz CT molecular complexity index is 1680. The van der Waals surface area contributed by atoms with Crippen LogP contribution in [0.1, 0.15) is 27.8 Å². The van der Waals surface area contributed by atoms with Gasteiger partial charge in [-0.2, -0.15) is 18.2 Å². The molecule has 0 amide bonds. The Kier molecular flexibility index (Phi) is 13.8. The van der Waals surface area contributed by atoms with Crippen molar-refractivity contribution in [2.75, 3.05) is 19.1 Å². The van der Waals surface area contributed by atoms with Gasteiger partial charge in [0, 0.05) is 0 Å². The van der Waals surface area contributed by atoms with Crippen LogP contribution in [-0.4, -0.2) is 51.4 Å². The second kappa shape index (κ2) is 18.0. The minimum absolute atomic E-state index is 0.140. The molecule has 4 aromatic carbocycles. The summed E-state index contributed by atoms with van der Waals surface area (Å²) in [6.45, 7) is 9.58. The number of ether oxygens (including phenoxy) is 2. The number of nitrogens with zero attached hydrogens (tertiary/aromatic N) is 3. The number of benzene rings is 4. The Morgan fingerprint density at radius 3 is 1.72 bits per heavy atom. The summed E-state index contributed by atoms with van der Waals surface area (Å²) in [4.78, 5) is 12.7. The summed E-state index contributed by atoms with van der Waals surface area (Å²) in [7, 11) is 6.29. The van der Waals surface area contributed by atoms with E-state index in [-0.39, 0.29) is 32.1 Å². The van der Waals surface area contributed by atoms with Gasteiger partial charge >= 0.3 is 40.4 Å². The minimum atomic E-state index is -3.38. The molecule has 6 rings (SSSR count). The van der Waals surface area contributed by atoms with E-state index in [0.717, 1.165) is 29.5 Å². The van der Waals surface area contributed by atoms with Crippen LogP contribution in [0.25, 0.3) is 4.85 Å². The molecule has 2 heterocycles. The van der Waals surface area contributed by atoms with Crippen molar-refractivity contribution in [3.63, 3.8) is 0 Å². The maximum atomic E-state index is 11.3. The second-order valence-electron chi connectivity index (χ2n) is 10.5. The third-order valence-electron chi connectivity index (χ3n) is 6.95. The fourth-order valence-corrected chi connectivity index (χ4v) is 5.62. The van der Waals surface area contributed by atoms with E-state index in [2.05, 4.69) is 59.4 Å². The molecule has 0 aliphatic carbocycles. The molecule has 7 nitrogen and oxygen atoms in total. The predicted molar refractivity (Wildman–Crippen MR) is 180 cm³/mol. The average Bonchev–Trinajstić information content (AvgIpc) is 3.73. The van der Waals surface area contributed by atoms with Gasteiger partial charge in [0.05, 0.1) is 17.0 Å². The first-order valence-electron chi connectivity index (χ1n) is 14.3. The van der Waals surface area contributed by atoms with Crippen LogP contribution >= 0.6 is 19.4 Å². The molecular formula is C35H32Cl2N3O4RhS. The zero-order chi connectivity index (χ0) is 32.8. The first-order valence-corrected chi connectivity index (χ1v) is 20.2. The zero-order valence-electron chi connectivity index (χ0n) is 25.0. The van der Waals surface area contributed by atoms with Crippen molar-refractivity contribution < 1.29 is 33.0 Å². The molecular weight excluding hydrogens is 732 g/mol. The van der Waals surface area contributed by atoms with Crippen LogP contribution in [0.15, 0.2) is 118 Å². The van der Waals surface area contributed by atoms with Crippen molar-refractivity contribution in [1.29, 1.82) is 0 Å². The summed E-state index contributed by atoms with van der Waals surface area (Å²) >= 11 is -0.226. The Balaban J connectivity index is 0.000000251. The number of aliphatic imine (C=N–C) groups is 2. The molecule has 46 heavy (non-hydrogen) atoms. The van der Waals surface area contributed by atoms with Crippen LogP contribution in [0.3, 0.4) is 0 Å². The fraction of sp³-hybridized carbons (Fsp3) is 0.229. The molecule has 2 atom stereocenters. The quantitative estimate of drug-likeness (QED) is 0.140. The third-order valence-corrected chi connectivity index (χ3v) is 8.41. The van der Waals surface area contributed by atoms with E-state index in [1.54, 1.807) is 12.1 Å². The van der Waals surface area contributed by atoms with Gasteiger partial charge in [-0.25, -0.2) is 15.0 Å². The van der Waals surface area contributed by atoms with Crippen molar-refractivity contribution in [2.24, 2.45) is 9.98 Å². The Labute approximate surface area is 286 Å². The van der Waals surface area contributed by atoms with Gasteiger partial charge in [-0.05, 0) is 43.0 Å². The van der Waals surface area contributed by atoms with E-state index in [4.69, 9.17) is 45.4 Å². The summed E-state index contributed by atoms with van der Waals surface area (Å²) in [6, 6.07) is 36.6. The number of sulfone groups is 1. The summed E-state index contributed by atoms with van der Waals surface area (Å²) in [5.74, 6) is 0.873. The maximum absolute atomic E-state index is 11.3. The minimum Gasteiger partial charge on any atom is -0.485 e. The number of halogens is 2. The number of rotatable bonds is 8. The largest absolute Gasteiger partial charge is 0.485 e. The molecule has 2 aliphatic rings. The molecule has 0 fully saturated rings. The third kappa shape index (κ3) is 10.8. The van der Waals surface area contributed by atoms with Crippen molar-refractivity contribution in [2.45, 2.75) is 36.7 Å². The average molecular weight is 765 g/mol. The standard InChI is InChI=1S/C26H23N2O2.C9H9NO2S.2ClH.Rh/c1-3-8-19(9-4-1)14-23-17-29-25(27-23)21-12-7-13-22(16-21)26-28-24(18-30-26)15-20-10-5-2-6-11-20;1-8-3-5-9(6-4-8)13(11,12)7-10-2;;;/h1-6,8-13,16,23-24H,14-15,17-18H2;3-6H,7H2,1H3;2*1H;/q-1;;;;+3/p-2/t23-,24-;;;;/m0..../s1. The van der Waals surface area contributed by atoms with E-state index >= 15 is 0 Å². The van der Waals surface area contributed by atoms with Crippen LogP contribution in [-0.2, 0) is 47.3 Å². The zero-order valence-corrected chi connectivity index (χ0v) is 28.9. The normalized spacial score (nSPS) is 16.7. The monoisotopic (exact) mass is 763 g/mol. The van der Waals surface area contributed by atoms with E-state index in [1.165, 1.54) is 23.3 Å². The van der Waals surface area contributed by atoms with Gasteiger partial charge in [-0.15, -0.1) is 6.07 Å². The molecule has 0 saturated heterocycles.